The van der Waals surface area contributed by atoms with Gasteiger partial charge >= 0.3 is 6.18 Å². The number of hydrogen-bond acceptors (Lipinski definition) is 4. The summed E-state index contributed by atoms with van der Waals surface area (Å²) < 4.78 is 39.6. The number of rotatable bonds is 9. The maximum absolute atomic E-state index is 12.9. The molecule has 0 unspecified atom stereocenters. The quantitative estimate of drug-likeness (QED) is 0.369. The van der Waals surface area contributed by atoms with E-state index < -0.39 is 47.6 Å². The van der Waals surface area contributed by atoms with Crippen molar-refractivity contribution in [3.63, 3.8) is 0 Å². The summed E-state index contributed by atoms with van der Waals surface area (Å²) in [4.78, 5) is 37.5. The van der Waals surface area contributed by atoms with E-state index in [4.69, 9.17) is 0 Å². The van der Waals surface area contributed by atoms with E-state index in [1.54, 1.807) is 20.8 Å². The van der Waals surface area contributed by atoms with E-state index in [0.29, 0.717) is 12.6 Å². The summed E-state index contributed by atoms with van der Waals surface area (Å²) in [5.41, 5.74) is 0.332. The highest BCUT2D eigenvalue weighted by atomic mass is 79.9. The van der Waals surface area contributed by atoms with Gasteiger partial charge in [-0.2, -0.15) is 13.2 Å². The first-order valence-corrected chi connectivity index (χ1v) is 12.0. The number of carbonyl (C=O) groups is 3. The van der Waals surface area contributed by atoms with Gasteiger partial charge in [0.2, 0.25) is 11.8 Å². The molecule has 7 nitrogen and oxygen atoms in total. The zero-order chi connectivity index (χ0) is 27.1. The van der Waals surface area contributed by atoms with E-state index in [2.05, 4.69) is 37.2 Å². The molecule has 3 amide bonds. The molecule has 2 aromatic rings. The number of halogens is 4. The van der Waals surface area contributed by atoms with Gasteiger partial charge in [-0.1, -0.05) is 28.1 Å². The molecule has 0 aliphatic heterocycles. The molecule has 0 aromatic heterocycles. The molecule has 0 radical (unpaired) electrons. The van der Waals surface area contributed by atoms with Gasteiger partial charge in [0.25, 0.3) is 5.91 Å². The molecule has 0 aliphatic rings. The fourth-order valence-corrected chi connectivity index (χ4v) is 3.70. The van der Waals surface area contributed by atoms with Crippen LogP contribution in [0.15, 0.2) is 46.9 Å². The van der Waals surface area contributed by atoms with Crippen LogP contribution in [-0.4, -0.2) is 42.4 Å². The van der Waals surface area contributed by atoms with E-state index in [9.17, 15) is 27.6 Å². The zero-order valence-corrected chi connectivity index (χ0v) is 22.1. The average molecular weight is 571 g/mol. The molecule has 1 atom stereocenters. The third-order valence-corrected chi connectivity index (χ3v) is 5.47. The van der Waals surface area contributed by atoms with Crippen molar-refractivity contribution < 1.29 is 27.6 Å². The maximum atomic E-state index is 12.9. The van der Waals surface area contributed by atoms with Crippen LogP contribution in [-0.2, 0) is 22.3 Å². The summed E-state index contributed by atoms with van der Waals surface area (Å²) in [6.07, 6.45) is -4.59. The topological polar surface area (TPSA) is 99.3 Å². The summed E-state index contributed by atoms with van der Waals surface area (Å²) >= 11 is 3.41. The number of nitrogens with one attached hydrogen (secondary N) is 4. The van der Waals surface area contributed by atoms with Gasteiger partial charge in [-0.05, 0) is 69.2 Å². The van der Waals surface area contributed by atoms with Gasteiger partial charge in [-0.3, -0.25) is 14.4 Å². The van der Waals surface area contributed by atoms with Crippen LogP contribution in [0.4, 0.5) is 13.2 Å². The van der Waals surface area contributed by atoms with Gasteiger partial charge in [-0.25, -0.2) is 0 Å². The van der Waals surface area contributed by atoms with Crippen molar-refractivity contribution in [2.45, 2.75) is 52.0 Å². The molecule has 11 heteroatoms. The minimum absolute atomic E-state index is 0.116. The first-order valence-electron chi connectivity index (χ1n) is 11.2. The average Bonchev–Trinajstić information content (AvgIpc) is 2.76. The molecule has 196 valence electrons. The van der Waals surface area contributed by atoms with Gasteiger partial charge in [0.1, 0.15) is 6.04 Å². The lowest BCUT2D eigenvalue weighted by molar-refractivity contribution is -0.137. The number of aryl methyl sites for hydroxylation is 1. The summed E-state index contributed by atoms with van der Waals surface area (Å²) in [6.45, 7) is 7.43. The molecule has 4 N–H and O–H groups in total. The Morgan fingerprint density at radius 1 is 1.03 bits per heavy atom. The Morgan fingerprint density at radius 2 is 1.72 bits per heavy atom. The Morgan fingerprint density at radius 3 is 2.33 bits per heavy atom. The number of amides is 3. The lowest BCUT2D eigenvalue weighted by Gasteiger charge is -2.26. The molecular weight excluding hydrogens is 541 g/mol. The Bertz CT molecular complexity index is 1100. The van der Waals surface area contributed by atoms with Crippen LogP contribution in [0.1, 0.15) is 47.8 Å². The standard InChI is InChI=1S/C25H30BrF3N4O3/c1-15-10-19(26)9-8-17(15)12-30-13-20(23(36)33-24(2,3)4)32-21(34)14-31-22(35)16-6-5-7-18(11-16)25(27,28)29/h5-11,20,30H,12-14H2,1-4H3,(H,31,35)(H,32,34)(H,33,36)/t20-/m0/s1. The molecule has 0 bridgehead atoms. The zero-order valence-electron chi connectivity index (χ0n) is 20.5. The second-order valence-corrected chi connectivity index (χ2v) is 10.2. The summed E-state index contributed by atoms with van der Waals surface area (Å²) in [5, 5.41) is 10.8. The molecule has 2 aromatic carbocycles. The highest BCUT2D eigenvalue weighted by Gasteiger charge is 2.31. The SMILES string of the molecule is Cc1cc(Br)ccc1CNC[C@H](NC(=O)CNC(=O)c1cccc(C(F)(F)F)c1)C(=O)NC(C)(C)C. The third-order valence-electron chi connectivity index (χ3n) is 4.98. The molecule has 0 saturated heterocycles. The van der Waals surface area contributed by atoms with Crippen LogP contribution in [0.3, 0.4) is 0 Å². The first kappa shape index (κ1) is 29.3. The van der Waals surface area contributed by atoms with Gasteiger partial charge in [0.05, 0.1) is 12.1 Å². The molecule has 0 heterocycles. The lowest BCUT2D eigenvalue weighted by Crippen LogP contribution is -2.56. The Labute approximate surface area is 216 Å². The molecule has 0 aliphatic carbocycles. The highest BCUT2D eigenvalue weighted by Crippen LogP contribution is 2.29. The highest BCUT2D eigenvalue weighted by molar-refractivity contribution is 9.10. The normalized spacial score (nSPS) is 12.6. The number of alkyl halides is 3. The molecule has 2 rings (SSSR count). The van der Waals surface area contributed by atoms with Crippen molar-refractivity contribution in [1.82, 2.24) is 21.3 Å². The van der Waals surface area contributed by atoms with Gasteiger partial charge < -0.3 is 21.3 Å². The second kappa shape index (κ2) is 12.4. The summed E-state index contributed by atoms with van der Waals surface area (Å²) in [7, 11) is 0. The Balaban J connectivity index is 1.99. The number of benzene rings is 2. The van der Waals surface area contributed by atoms with Crippen LogP contribution in [0, 0.1) is 6.92 Å². The van der Waals surface area contributed by atoms with Crippen molar-refractivity contribution in [3.05, 3.63) is 69.2 Å². The van der Waals surface area contributed by atoms with Crippen LogP contribution in [0.25, 0.3) is 0 Å². The minimum atomic E-state index is -4.59. The number of hydrogen-bond donors (Lipinski definition) is 4. The first-order chi connectivity index (χ1) is 16.7. The van der Waals surface area contributed by atoms with E-state index in [1.165, 1.54) is 6.07 Å². The Kier molecular flexibility index (Phi) is 10.1. The summed E-state index contributed by atoms with van der Waals surface area (Å²) in [6, 6.07) is 8.76. The smallest absolute Gasteiger partial charge is 0.350 e. The summed E-state index contributed by atoms with van der Waals surface area (Å²) in [5.74, 6) is -1.91. The van der Waals surface area contributed by atoms with Crippen LogP contribution in [0.5, 0.6) is 0 Å². The molecular formula is C25H30BrF3N4O3. The fourth-order valence-electron chi connectivity index (χ4n) is 3.22. The van der Waals surface area contributed by atoms with Crippen molar-refractivity contribution in [3.8, 4) is 0 Å². The molecule has 0 spiro atoms. The van der Waals surface area contributed by atoms with Crippen molar-refractivity contribution in [2.24, 2.45) is 0 Å². The molecule has 0 saturated carbocycles. The van der Waals surface area contributed by atoms with E-state index >= 15 is 0 Å². The van der Waals surface area contributed by atoms with Crippen molar-refractivity contribution in [2.75, 3.05) is 13.1 Å². The third kappa shape index (κ3) is 9.62. The van der Waals surface area contributed by atoms with Crippen LogP contribution < -0.4 is 21.3 Å². The van der Waals surface area contributed by atoms with Gasteiger partial charge in [0, 0.05) is 28.7 Å². The largest absolute Gasteiger partial charge is 0.416 e. The lowest BCUT2D eigenvalue weighted by atomic mass is 10.1. The van der Waals surface area contributed by atoms with E-state index in [0.717, 1.165) is 27.7 Å². The monoisotopic (exact) mass is 570 g/mol. The van der Waals surface area contributed by atoms with Gasteiger partial charge in [-0.15, -0.1) is 0 Å². The van der Waals surface area contributed by atoms with Crippen molar-refractivity contribution >= 4 is 33.7 Å². The van der Waals surface area contributed by atoms with Crippen LogP contribution >= 0.6 is 15.9 Å². The maximum Gasteiger partial charge on any atom is 0.416 e. The van der Waals surface area contributed by atoms with E-state index in [-0.39, 0.29) is 12.1 Å². The minimum Gasteiger partial charge on any atom is -0.350 e. The van der Waals surface area contributed by atoms with Gasteiger partial charge in [0.15, 0.2) is 0 Å². The van der Waals surface area contributed by atoms with E-state index in [1.807, 2.05) is 25.1 Å². The second-order valence-electron chi connectivity index (χ2n) is 9.32. The Hall–Kier alpha value is -2.92. The van der Waals surface area contributed by atoms with Crippen molar-refractivity contribution in [1.29, 1.82) is 0 Å². The predicted octanol–water partition coefficient (Wildman–Crippen LogP) is 3.70. The molecule has 0 fully saturated rings. The molecule has 36 heavy (non-hydrogen) atoms. The number of carbonyl (C=O) groups excluding carboxylic acids is 3. The predicted molar refractivity (Wildman–Crippen MR) is 134 cm³/mol. The van der Waals surface area contributed by atoms with Crippen LogP contribution in [0.2, 0.25) is 0 Å². The fraction of sp³-hybridized carbons (Fsp3) is 0.400.